The van der Waals surface area contributed by atoms with E-state index in [1.807, 2.05) is 0 Å². The molecule has 0 saturated carbocycles. The molecule has 116 valence electrons. The van der Waals surface area contributed by atoms with E-state index in [2.05, 4.69) is 18.5 Å². The van der Waals surface area contributed by atoms with Crippen molar-refractivity contribution in [3.8, 4) is 0 Å². The van der Waals surface area contributed by atoms with Gasteiger partial charge in [-0.1, -0.05) is 50.8 Å². The first-order valence-corrected chi connectivity index (χ1v) is 7.91. The molecule has 0 aliphatic heterocycles. The minimum atomic E-state index is -0.399. The summed E-state index contributed by atoms with van der Waals surface area (Å²) in [7, 11) is 0. The molecule has 1 rings (SSSR count). The molecule has 0 aromatic carbocycles. The number of unbranched alkanes of at least 4 members (excludes halogenated alkanes) is 4. The fraction of sp³-hybridized carbons (Fsp3) is 0.529. The molecule has 0 spiro atoms. The minimum Gasteiger partial charge on any atom is -0.452 e. The van der Waals surface area contributed by atoms with Gasteiger partial charge < -0.3 is 4.74 Å². The third-order valence-corrected chi connectivity index (χ3v) is 3.58. The molecule has 0 N–H and O–H groups in total. The van der Waals surface area contributed by atoms with Gasteiger partial charge in [0.1, 0.15) is 6.10 Å². The zero-order valence-corrected chi connectivity index (χ0v) is 13.7. The van der Waals surface area contributed by atoms with Crippen LogP contribution in [0.15, 0.2) is 30.5 Å². The first kappa shape index (κ1) is 17.7. The number of halogens is 1. The van der Waals surface area contributed by atoms with Gasteiger partial charge in [-0.3, -0.25) is 4.98 Å². The van der Waals surface area contributed by atoms with Gasteiger partial charge in [-0.2, -0.15) is 0 Å². The summed E-state index contributed by atoms with van der Waals surface area (Å²) in [5.41, 5.74) is 1.02. The van der Waals surface area contributed by atoms with Gasteiger partial charge in [0.05, 0.1) is 10.7 Å². The molecule has 3 nitrogen and oxygen atoms in total. The van der Waals surface area contributed by atoms with Crippen LogP contribution in [-0.2, 0) is 9.53 Å². The number of rotatable bonds is 9. The molecule has 1 heterocycles. The van der Waals surface area contributed by atoms with Gasteiger partial charge in [0.25, 0.3) is 0 Å². The van der Waals surface area contributed by atoms with E-state index in [9.17, 15) is 4.79 Å². The number of esters is 1. The Morgan fingerprint density at radius 3 is 2.71 bits per heavy atom. The lowest BCUT2D eigenvalue weighted by Crippen LogP contribution is -2.13. The summed E-state index contributed by atoms with van der Waals surface area (Å²) >= 11 is 6.17. The molecule has 1 unspecified atom stereocenters. The lowest BCUT2D eigenvalue weighted by molar-refractivity contribution is -0.145. The van der Waals surface area contributed by atoms with Crippen molar-refractivity contribution in [3.63, 3.8) is 0 Å². The molecule has 21 heavy (non-hydrogen) atoms. The summed E-state index contributed by atoms with van der Waals surface area (Å²) in [6.45, 7) is 7.44. The second kappa shape index (κ2) is 9.56. The smallest absolute Gasteiger partial charge is 0.333 e. The van der Waals surface area contributed by atoms with Crippen LogP contribution in [0.3, 0.4) is 0 Å². The number of aromatic nitrogens is 1. The highest BCUT2D eigenvalue weighted by atomic mass is 35.5. The van der Waals surface area contributed by atoms with Crippen LogP contribution in [0.1, 0.15) is 64.2 Å². The maximum Gasteiger partial charge on any atom is 0.333 e. The Morgan fingerprint density at radius 1 is 1.38 bits per heavy atom. The summed E-state index contributed by atoms with van der Waals surface area (Å²) in [6.07, 6.45) is 7.76. The van der Waals surface area contributed by atoms with Gasteiger partial charge in [0, 0.05) is 11.8 Å². The third-order valence-electron chi connectivity index (χ3n) is 3.26. The number of carbonyl (C=O) groups excluding carboxylic acids is 1. The molecule has 0 saturated heterocycles. The number of carbonyl (C=O) groups is 1. The number of nitrogens with zero attached hydrogens (tertiary/aromatic N) is 1. The first-order chi connectivity index (χ1) is 10.1. The van der Waals surface area contributed by atoms with Crippen molar-refractivity contribution in [1.82, 2.24) is 4.98 Å². The molecule has 0 fully saturated rings. The lowest BCUT2D eigenvalue weighted by Gasteiger charge is -2.18. The molecule has 0 amide bonds. The molecule has 0 bridgehead atoms. The number of hydrogen-bond acceptors (Lipinski definition) is 3. The van der Waals surface area contributed by atoms with Crippen molar-refractivity contribution in [2.75, 3.05) is 0 Å². The topological polar surface area (TPSA) is 39.2 Å². The van der Waals surface area contributed by atoms with Gasteiger partial charge in [0.15, 0.2) is 0 Å². The van der Waals surface area contributed by atoms with Crippen LogP contribution in [0.2, 0.25) is 5.02 Å². The second-order valence-corrected chi connectivity index (χ2v) is 5.65. The monoisotopic (exact) mass is 309 g/mol. The average Bonchev–Trinajstić information content (AvgIpc) is 2.46. The molecule has 1 aromatic heterocycles. The van der Waals surface area contributed by atoms with Gasteiger partial charge in [-0.25, -0.2) is 4.79 Å². The predicted octanol–water partition coefficient (Wildman–Crippen LogP) is 5.26. The van der Waals surface area contributed by atoms with E-state index in [4.69, 9.17) is 16.3 Å². The van der Waals surface area contributed by atoms with Gasteiger partial charge in [0.2, 0.25) is 0 Å². The van der Waals surface area contributed by atoms with Crippen LogP contribution in [0.5, 0.6) is 0 Å². The first-order valence-electron chi connectivity index (χ1n) is 7.53. The minimum absolute atomic E-state index is 0.387. The predicted molar refractivity (Wildman–Crippen MR) is 86.3 cm³/mol. The molecule has 4 heteroatoms. The average molecular weight is 310 g/mol. The van der Waals surface area contributed by atoms with E-state index in [-0.39, 0.29) is 0 Å². The van der Waals surface area contributed by atoms with Crippen molar-refractivity contribution >= 4 is 17.6 Å². The normalized spacial score (nSPS) is 12.0. The summed E-state index contributed by atoms with van der Waals surface area (Å²) in [4.78, 5) is 16.0. The number of pyridine rings is 1. The Hall–Kier alpha value is -1.35. The SMILES string of the molecule is C=C(C)C(=O)OC(CCCCCCC)c1ncccc1Cl. The summed E-state index contributed by atoms with van der Waals surface area (Å²) in [6, 6.07) is 3.54. The molecule has 0 aliphatic carbocycles. The highest BCUT2D eigenvalue weighted by molar-refractivity contribution is 6.31. The zero-order chi connectivity index (χ0) is 15.7. The van der Waals surface area contributed by atoms with Crippen molar-refractivity contribution in [2.24, 2.45) is 0 Å². The zero-order valence-electron chi connectivity index (χ0n) is 12.9. The van der Waals surface area contributed by atoms with Crippen LogP contribution in [0.25, 0.3) is 0 Å². The van der Waals surface area contributed by atoms with Crippen LogP contribution in [0, 0.1) is 0 Å². The Bertz CT molecular complexity index is 474. The Morgan fingerprint density at radius 2 is 2.10 bits per heavy atom. The fourth-order valence-electron chi connectivity index (χ4n) is 2.05. The Labute approximate surface area is 132 Å². The van der Waals surface area contributed by atoms with E-state index in [1.54, 1.807) is 25.3 Å². The van der Waals surface area contributed by atoms with E-state index < -0.39 is 12.1 Å². The molecule has 1 atom stereocenters. The van der Waals surface area contributed by atoms with E-state index in [0.29, 0.717) is 16.3 Å². The van der Waals surface area contributed by atoms with Gasteiger partial charge in [-0.05, 0) is 31.9 Å². The molecule has 0 radical (unpaired) electrons. The largest absolute Gasteiger partial charge is 0.452 e. The van der Waals surface area contributed by atoms with Gasteiger partial charge in [-0.15, -0.1) is 0 Å². The maximum absolute atomic E-state index is 11.8. The van der Waals surface area contributed by atoms with E-state index >= 15 is 0 Å². The van der Waals surface area contributed by atoms with Crippen LogP contribution >= 0.6 is 11.6 Å². The molecular weight excluding hydrogens is 286 g/mol. The van der Waals surface area contributed by atoms with Crippen molar-refractivity contribution in [2.45, 2.75) is 58.5 Å². The Kier molecular flexibility index (Phi) is 8.06. The second-order valence-electron chi connectivity index (χ2n) is 5.25. The van der Waals surface area contributed by atoms with Crippen LogP contribution < -0.4 is 0 Å². The summed E-state index contributed by atoms with van der Waals surface area (Å²) in [5, 5.41) is 0.533. The molecule has 1 aromatic rings. The summed E-state index contributed by atoms with van der Waals surface area (Å²) in [5.74, 6) is -0.393. The van der Waals surface area contributed by atoms with Crippen molar-refractivity contribution < 1.29 is 9.53 Å². The van der Waals surface area contributed by atoms with Crippen molar-refractivity contribution in [3.05, 3.63) is 41.2 Å². The number of hydrogen-bond donors (Lipinski definition) is 0. The highest BCUT2D eigenvalue weighted by Crippen LogP contribution is 2.28. The lowest BCUT2D eigenvalue weighted by atomic mass is 10.1. The van der Waals surface area contributed by atoms with Crippen molar-refractivity contribution in [1.29, 1.82) is 0 Å². The fourth-order valence-corrected chi connectivity index (χ4v) is 2.29. The Balaban J connectivity index is 2.69. The quantitative estimate of drug-likeness (QED) is 0.355. The van der Waals surface area contributed by atoms with E-state index in [0.717, 1.165) is 19.3 Å². The van der Waals surface area contributed by atoms with E-state index in [1.165, 1.54) is 19.3 Å². The molecular formula is C17H24ClNO2. The standard InChI is InChI=1S/C17H24ClNO2/c1-4-5-6-7-8-11-15(21-17(20)13(2)3)16-14(18)10-9-12-19-16/h9-10,12,15H,2,4-8,11H2,1,3H3. The van der Waals surface area contributed by atoms with Crippen LogP contribution in [0.4, 0.5) is 0 Å². The molecule has 0 aliphatic rings. The maximum atomic E-state index is 11.8. The van der Waals surface area contributed by atoms with Crippen LogP contribution in [-0.4, -0.2) is 11.0 Å². The highest BCUT2D eigenvalue weighted by Gasteiger charge is 2.20. The number of ether oxygens (including phenoxy) is 1. The third kappa shape index (κ3) is 6.30. The summed E-state index contributed by atoms with van der Waals surface area (Å²) < 4.78 is 5.50. The van der Waals surface area contributed by atoms with Gasteiger partial charge >= 0.3 is 5.97 Å².